The number of ether oxygens (including phenoxy) is 5. The average molecular weight is 1670 g/mol. The minimum absolute atomic E-state index is 0.123. The fourth-order valence-electron chi connectivity index (χ4n) is 13.9. The molecule has 3 aliphatic heterocycles. The number of aromatic nitrogens is 4. The first kappa shape index (κ1) is 91.5. The van der Waals surface area contributed by atoms with Gasteiger partial charge in [-0.2, -0.15) is 40.2 Å². The number of anilines is 1. The number of halogens is 10. The number of carboxylic acid groups (broad SMARTS) is 1. The summed E-state index contributed by atoms with van der Waals surface area (Å²) in [7, 11) is -4.17. The Morgan fingerprint density at radius 1 is 0.750 bits per heavy atom. The number of aryl methyl sites for hydroxylation is 1. The first-order valence-corrected chi connectivity index (χ1v) is 38.0. The van der Waals surface area contributed by atoms with Gasteiger partial charge in [-0.1, -0.05) is 43.9 Å². The highest BCUT2D eigenvalue weighted by atomic mass is 31.2. The first-order chi connectivity index (χ1) is 53.9. The van der Waals surface area contributed by atoms with E-state index in [-0.39, 0.29) is 26.9 Å². The van der Waals surface area contributed by atoms with Crippen molar-refractivity contribution in [2.75, 3.05) is 52.0 Å². The van der Waals surface area contributed by atoms with Gasteiger partial charge in [0.1, 0.15) is 47.2 Å². The van der Waals surface area contributed by atoms with Gasteiger partial charge in [-0.05, 0) is 134 Å². The summed E-state index contributed by atoms with van der Waals surface area (Å²) in [5.41, 5.74) is -9.06. The number of rotatable bonds is 33. The molecule has 3 fully saturated rings. The van der Waals surface area contributed by atoms with Crippen LogP contribution in [0.5, 0.6) is 5.75 Å². The summed E-state index contributed by atoms with van der Waals surface area (Å²) in [6, 6.07) is 4.03. The normalized spacial score (nSPS) is 17.0. The predicted molar refractivity (Wildman–Crippen MR) is 392 cm³/mol. The fraction of sp³-hybridized carbons (Fsp3) is 0.539. The smallest absolute Gasteiger partial charge is 0.480 e. The van der Waals surface area contributed by atoms with Crippen molar-refractivity contribution >= 4 is 61.5 Å². The van der Waals surface area contributed by atoms with E-state index < -0.39 is 212 Å². The number of alkyl halides is 8. The van der Waals surface area contributed by atoms with Crippen LogP contribution in [0.25, 0.3) is 11.3 Å². The van der Waals surface area contributed by atoms with Crippen molar-refractivity contribution in [3.63, 3.8) is 0 Å². The highest BCUT2D eigenvalue weighted by Crippen LogP contribution is 2.47. The maximum atomic E-state index is 16.9. The second-order valence-electron chi connectivity index (χ2n) is 31.3. The summed E-state index contributed by atoms with van der Waals surface area (Å²) in [5, 5.41) is 20.2. The van der Waals surface area contributed by atoms with E-state index in [1.165, 1.54) is 63.5 Å². The maximum absolute atomic E-state index is 16.9. The molecular weight excluding hydrogens is 1580 g/mol. The molecule has 2 bridgehead atoms. The van der Waals surface area contributed by atoms with Gasteiger partial charge in [0.15, 0.2) is 5.78 Å². The second-order valence-corrected chi connectivity index (χ2v) is 32.5. The molecule has 2 unspecified atom stereocenters. The molecule has 4 amide bonds. The third kappa shape index (κ3) is 23.9. The lowest BCUT2D eigenvalue weighted by Crippen LogP contribution is -2.62. The molecule has 7 N–H and O–H groups in total. The van der Waals surface area contributed by atoms with Crippen molar-refractivity contribution in [2.45, 2.75) is 199 Å². The van der Waals surface area contributed by atoms with Crippen LogP contribution >= 0.6 is 7.82 Å². The molecule has 0 saturated carbocycles. The van der Waals surface area contributed by atoms with Crippen LogP contribution in [0.2, 0.25) is 0 Å². The van der Waals surface area contributed by atoms with E-state index in [9.17, 15) is 57.0 Å². The highest BCUT2D eigenvalue weighted by Gasteiger charge is 2.58. The van der Waals surface area contributed by atoms with Crippen molar-refractivity contribution in [1.82, 2.24) is 51.0 Å². The SMILES string of the molecule is COC(=O)N[C@H](C(=O)C[C@@H](Cc1ccc(C#Cc2cnc(N3CC4CCC(C3)N4C3COC3)nc2)cc1)[C@H](CN(Cc1c(F)cc(-c2ccn(C(F)F)n2)cc1F)NC(=O)[C@@H](NC(=O)OC)C(C)(C)C(F)(F)F)OC(=O)CC(C)(C)c1c(CC(=O)N[C@@H](CCC(=O)OC(C)(C)C)C(=O)O)cc(C)cc1OP(=O)(O)O)C(C)(C)C(F)(F)F. The molecule has 0 radical (unpaired) electrons. The number of hydrazine groups is 1. The van der Waals surface area contributed by atoms with E-state index in [4.69, 9.17) is 18.7 Å². The Labute approximate surface area is 660 Å². The zero-order valence-corrected chi connectivity index (χ0v) is 66.2. The number of amides is 4. The number of esters is 2. The van der Waals surface area contributed by atoms with Crippen molar-refractivity contribution in [3.8, 4) is 28.8 Å². The molecule has 5 aromatic rings. The van der Waals surface area contributed by atoms with Gasteiger partial charge >= 0.3 is 56.8 Å². The second kappa shape index (κ2) is 37.1. The quantitative estimate of drug-likeness (QED) is 0.00512. The molecule has 8 rings (SSSR count). The molecule has 40 heteroatoms. The number of aliphatic carboxylic acids is 1. The molecule has 3 aliphatic rings. The number of alkyl carbamates (subject to hydrolysis) is 2. The van der Waals surface area contributed by atoms with Gasteiger partial charge in [0.25, 0.3) is 5.91 Å². The topological polar surface area (TPSA) is 371 Å². The number of carboxylic acids is 1. The molecule has 634 valence electrons. The van der Waals surface area contributed by atoms with Crippen molar-refractivity contribution in [2.24, 2.45) is 16.7 Å². The largest absolute Gasteiger partial charge is 0.524 e. The average Bonchev–Trinajstić information content (AvgIpc) is 1.48. The number of hydrogen-bond donors (Lipinski definition) is 7. The molecule has 29 nitrogen and oxygen atoms in total. The molecule has 3 saturated heterocycles. The van der Waals surface area contributed by atoms with Gasteiger partial charge in [0.2, 0.25) is 11.9 Å². The van der Waals surface area contributed by atoms with Crippen molar-refractivity contribution in [1.29, 1.82) is 0 Å². The van der Waals surface area contributed by atoms with E-state index in [0.29, 0.717) is 106 Å². The third-order valence-corrected chi connectivity index (χ3v) is 20.5. The number of nitrogens with one attached hydrogen (secondary N) is 4. The zero-order valence-electron chi connectivity index (χ0n) is 65.3. The highest BCUT2D eigenvalue weighted by molar-refractivity contribution is 7.46. The van der Waals surface area contributed by atoms with Gasteiger partial charge in [0, 0.05) is 96.7 Å². The van der Waals surface area contributed by atoms with E-state index in [2.05, 4.69) is 56.9 Å². The van der Waals surface area contributed by atoms with Gasteiger partial charge in [-0.15, -0.1) is 0 Å². The van der Waals surface area contributed by atoms with Crippen LogP contribution in [-0.2, 0) is 81.8 Å². The number of phosphoric acid groups is 1. The van der Waals surface area contributed by atoms with Gasteiger partial charge in [-0.25, -0.2) is 47.4 Å². The predicted octanol–water partition coefficient (Wildman–Crippen LogP) is 10.0. The number of nitrogens with zero attached hydrogens (tertiary/aromatic N) is 7. The van der Waals surface area contributed by atoms with Crippen LogP contribution in [0, 0.1) is 47.1 Å². The lowest BCUT2D eigenvalue weighted by Gasteiger charge is -2.47. The molecule has 7 atom stereocenters. The number of ketones is 1. The Balaban J connectivity index is 1.27. The van der Waals surface area contributed by atoms with E-state index in [0.717, 1.165) is 45.4 Å². The molecule has 3 aromatic carbocycles. The van der Waals surface area contributed by atoms with Gasteiger partial charge in [0.05, 0.1) is 74.9 Å². The van der Waals surface area contributed by atoms with E-state index in [1.807, 2.05) is 5.32 Å². The van der Waals surface area contributed by atoms with Gasteiger partial charge < -0.3 is 54.2 Å². The summed E-state index contributed by atoms with van der Waals surface area (Å²) in [6.07, 6.45) is -15.3. The minimum atomic E-state index is -5.65. The molecule has 116 heavy (non-hydrogen) atoms. The lowest BCUT2D eigenvalue weighted by molar-refractivity contribution is -0.221. The summed E-state index contributed by atoms with van der Waals surface area (Å²) in [4.78, 5) is 145. The number of benzene rings is 3. The lowest BCUT2D eigenvalue weighted by atomic mass is 9.77. The van der Waals surface area contributed by atoms with Crippen LogP contribution in [0.15, 0.2) is 73.2 Å². The van der Waals surface area contributed by atoms with Crippen LogP contribution in [0.1, 0.15) is 146 Å². The van der Waals surface area contributed by atoms with Crippen LogP contribution in [0.4, 0.5) is 59.4 Å². The third-order valence-electron chi connectivity index (χ3n) is 20.1. The number of hydrogen-bond acceptors (Lipinski definition) is 21. The summed E-state index contributed by atoms with van der Waals surface area (Å²) in [6.45, 7) is 7.37. The van der Waals surface area contributed by atoms with Crippen LogP contribution < -0.4 is 30.8 Å². The molecule has 5 heterocycles. The number of carbonyl (C=O) groups excluding carboxylic acids is 7. The number of Topliss-reactive ketones (excluding diaryl/α,β-unsaturated/α-hetero) is 1. The Bertz CT molecular complexity index is 4490. The zero-order chi connectivity index (χ0) is 86.1. The molecule has 0 spiro atoms. The maximum Gasteiger partial charge on any atom is 0.524 e. The van der Waals surface area contributed by atoms with Gasteiger partial charge in [-0.3, -0.25) is 44.1 Å². The Hall–Kier alpha value is -10.0. The number of methoxy groups -OCH3 is 2. The Morgan fingerprint density at radius 3 is 1.84 bits per heavy atom. The number of phosphoric ester groups is 1. The molecular formula is C76H92F10N11O18P. The number of carbonyl (C=O) groups is 8. The molecule has 2 aromatic heterocycles. The van der Waals surface area contributed by atoms with Crippen molar-refractivity contribution < 1.29 is 130 Å². The minimum Gasteiger partial charge on any atom is -0.480 e. The Morgan fingerprint density at radius 2 is 1.32 bits per heavy atom. The molecule has 0 aliphatic carbocycles. The summed E-state index contributed by atoms with van der Waals surface area (Å²) in [5.74, 6) is -7.63. The fourth-order valence-corrected chi connectivity index (χ4v) is 14.3. The van der Waals surface area contributed by atoms with E-state index in [1.54, 1.807) is 26.1 Å². The standard InChI is InChI=1S/C76H92F10N11O18P/c1-41-25-47(31-59(99)89-55(66(103)104)21-22-60(100)114-71(2,3)4)62(57(26-41)115-116(107,108)109)72(5,6)32-61(101)113-58(38-95(93-65(102)64(91-70(106)111-12)74(9,10)76(84,85)86)37-51-52(77)28-45(29-53(51)78)54-23-24-96(92-54)67(79)80)46(30-56(98)63(90-69(105)110-11)73(7,8)75(81,82)83)27-43-16-13-42(14-17-43)15-18-44-33-87-68(88-34-44)94-35-48-19-20-49(36-94)97(48)50-39-112-40-50/h13-14,16-17,23-26,28-29,33-34,46,48-50,55,58,63-64,67H,19-22,27,30-32,35-40H2,1-12H3,(H,89,99)(H,90,105)(H,91,106)(H,93,102)(H,103,104)(H2,107,108,109)/t46-,48?,49?,55+,58+,63-,64-/m1/s1. The van der Waals surface area contributed by atoms with Crippen molar-refractivity contribution in [3.05, 3.63) is 124 Å². The van der Waals surface area contributed by atoms with Crippen LogP contribution in [0.3, 0.4) is 0 Å². The summed E-state index contributed by atoms with van der Waals surface area (Å²) >= 11 is 0. The number of piperazine rings is 1. The first-order valence-electron chi connectivity index (χ1n) is 36.4. The van der Waals surface area contributed by atoms with E-state index >= 15 is 44.7 Å². The monoisotopic (exact) mass is 1670 g/mol. The Kier molecular flexibility index (Phi) is 29.3. The van der Waals surface area contributed by atoms with Crippen LogP contribution in [-0.4, -0.2) is 200 Å². The number of fused-ring (bicyclic) bond motifs is 2. The summed E-state index contributed by atoms with van der Waals surface area (Å²) < 4.78 is 197.